The molecule has 4 rings (SSSR count). The number of benzene rings is 1. The second-order valence-corrected chi connectivity index (χ2v) is 11.1. The van der Waals surface area contributed by atoms with E-state index in [0.29, 0.717) is 18.8 Å². The first kappa shape index (κ1) is 25.2. The van der Waals surface area contributed by atoms with Crippen molar-refractivity contribution in [3.8, 4) is 16.9 Å². The molecule has 1 N–H and O–H groups in total. The van der Waals surface area contributed by atoms with Crippen molar-refractivity contribution in [1.82, 2.24) is 19.2 Å². The van der Waals surface area contributed by atoms with Crippen LogP contribution in [0.1, 0.15) is 19.4 Å². The van der Waals surface area contributed by atoms with Gasteiger partial charge in [0.15, 0.2) is 0 Å². The third-order valence-electron chi connectivity index (χ3n) is 6.36. The van der Waals surface area contributed by atoms with Gasteiger partial charge in [0.05, 0.1) is 6.61 Å². The van der Waals surface area contributed by atoms with Gasteiger partial charge in [-0.05, 0) is 55.4 Å². The van der Waals surface area contributed by atoms with Crippen molar-refractivity contribution >= 4 is 10.0 Å². The number of aliphatic hydroxyl groups is 1. The van der Waals surface area contributed by atoms with Gasteiger partial charge in [0.1, 0.15) is 16.7 Å². The van der Waals surface area contributed by atoms with Gasteiger partial charge >= 0.3 is 0 Å². The molecule has 0 radical (unpaired) electrons. The average Bonchev–Trinajstić information content (AvgIpc) is 2.86. The maximum atomic E-state index is 13.6. The standard InChI is InChI=1S/C26H32N4O4S/c1-19-15-30(20(2)18-31)35(32,33)26-7-6-22(23-5-4-10-28-14-23)13-24(26)34-25(19)17-29(3)16-21-8-11-27-12-9-21/h4-14,19-20,25,31H,15-18H2,1-3H3/t19-,20-,25-/m0/s1. The SMILES string of the molecule is C[C@H]1CN([C@@H](C)CO)S(=O)(=O)c2ccc(-c3cccnc3)cc2O[C@H]1CN(C)Cc1ccncc1. The topological polar surface area (TPSA) is 95.9 Å². The molecule has 8 nitrogen and oxygen atoms in total. The van der Waals surface area contributed by atoms with Crippen molar-refractivity contribution in [2.75, 3.05) is 26.7 Å². The quantitative estimate of drug-likeness (QED) is 0.537. The van der Waals surface area contributed by atoms with Crippen LogP contribution in [0.15, 0.2) is 72.1 Å². The smallest absolute Gasteiger partial charge is 0.247 e. The van der Waals surface area contributed by atoms with E-state index in [2.05, 4.69) is 14.9 Å². The number of aromatic nitrogens is 2. The van der Waals surface area contributed by atoms with E-state index in [1.54, 1.807) is 49.9 Å². The molecule has 35 heavy (non-hydrogen) atoms. The first-order valence-corrected chi connectivity index (χ1v) is 13.1. The van der Waals surface area contributed by atoms with Crippen LogP contribution in [0.5, 0.6) is 5.75 Å². The summed E-state index contributed by atoms with van der Waals surface area (Å²) >= 11 is 0. The Morgan fingerprint density at radius 3 is 2.60 bits per heavy atom. The fourth-order valence-corrected chi connectivity index (χ4v) is 6.15. The summed E-state index contributed by atoms with van der Waals surface area (Å²) in [4.78, 5) is 10.5. The molecule has 3 heterocycles. The summed E-state index contributed by atoms with van der Waals surface area (Å²) in [5.74, 6) is 0.198. The zero-order chi connectivity index (χ0) is 25.0. The lowest BCUT2D eigenvalue weighted by Gasteiger charge is -2.37. The lowest BCUT2D eigenvalue weighted by atomic mass is 10.0. The minimum Gasteiger partial charge on any atom is -0.487 e. The van der Waals surface area contributed by atoms with Crippen LogP contribution in [0.4, 0.5) is 0 Å². The lowest BCUT2D eigenvalue weighted by Crippen LogP contribution is -2.49. The summed E-state index contributed by atoms with van der Waals surface area (Å²) in [6.45, 7) is 5.02. The number of pyridine rings is 2. The van der Waals surface area contributed by atoms with E-state index in [1.165, 1.54) is 4.31 Å². The number of rotatable bonds is 7. The van der Waals surface area contributed by atoms with E-state index in [1.807, 2.05) is 38.2 Å². The zero-order valence-corrected chi connectivity index (χ0v) is 21.1. The molecule has 0 amide bonds. The maximum absolute atomic E-state index is 13.6. The number of likely N-dealkylation sites (N-methyl/N-ethyl adjacent to an activating group) is 1. The van der Waals surface area contributed by atoms with Crippen molar-refractivity contribution in [3.05, 3.63) is 72.8 Å². The number of aliphatic hydroxyl groups excluding tert-OH is 1. The summed E-state index contributed by atoms with van der Waals surface area (Å²) in [5, 5.41) is 9.83. The van der Waals surface area contributed by atoms with E-state index < -0.39 is 16.1 Å². The van der Waals surface area contributed by atoms with Gasteiger partial charge in [0, 0.05) is 61.9 Å². The Kier molecular flexibility index (Phi) is 7.81. The average molecular weight is 497 g/mol. The Balaban J connectivity index is 1.72. The molecule has 0 fully saturated rings. The lowest BCUT2D eigenvalue weighted by molar-refractivity contribution is 0.0734. The molecule has 0 bridgehead atoms. The molecular weight excluding hydrogens is 464 g/mol. The van der Waals surface area contributed by atoms with Crippen molar-refractivity contribution < 1.29 is 18.3 Å². The monoisotopic (exact) mass is 496 g/mol. The third kappa shape index (κ3) is 5.70. The van der Waals surface area contributed by atoms with E-state index in [9.17, 15) is 13.5 Å². The summed E-state index contributed by atoms with van der Waals surface area (Å²) < 4.78 is 35.2. The molecule has 186 valence electrons. The molecule has 2 aromatic heterocycles. The Bertz CT molecular complexity index is 1220. The molecular formula is C26H32N4O4S. The van der Waals surface area contributed by atoms with Gasteiger partial charge in [-0.25, -0.2) is 8.42 Å². The second kappa shape index (κ2) is 10.8. The summed E-state index contributed by atoms with van der Waals surface area (Å²) in [5.41, 5.74) is 2.84. The molecule has 1 aliphatic heterocycles. The van der Waals surface area contributed by atoms with Crippen molar-refractivity contribution in [1.29, 1.82) is 0 Å². The summed E-state index contributed by atoms with van der Waals surface area (Å²) in [6.07, 6.45) is 6.71. The van der Waals surface area contributed by atoms with Crippen molar-refractivity contribution in [2.45, 2.75) is 37.4 Å². The van der Waals surface area contributed by atoms with Crippen LogP contribution in [-0.2, 0) is 16.6 Å². The summed E-state index contributed by atoms with van der Waals surface area (Å²) in [7, 11) is -1.85. The number of fused-ring (bicyclic) bond motifs is 1. The van der Waals surface area contributed by atoms with E-state index >= 15 is 0 Å². The van der Waals surface area contributed by atoms with Crippen LogP contribution in [0, 0.1) is 5.92 Å². The number of nitrogens with zero attached hydrogens (tertiary/aromatic N) is 4. The minimum atomic E-state index is -3.87. The van der Waals surface area contributed by atoms with Crippen LogP contribution < -0.4 is 4.74 Å². The molecule has 0 spiro atoms. The molecule has 1 aromatic carbocycles. The number of hydrogen-bond donors (Lipinski definition) is 1. The first-order chi connectivity index (χ1) is 16.8. The predicted molar refractivity (Wildman–Crippen MR) is 134 cm³/mol. The van der Waals surface area contributed by atoms with Gasteiger partial charge in [-0.1, -0.05) is 19.1 Å². The fraction of sp³-hybridized carbons (Fsp3) is 0.385. The first-order valence-electron chi connectivity index (χ1n) is 11.7. The normalized spacial score (nSPS) is 20.9. The number of ether oxygens (including phenoxy) is 1. The van der Waals surface area contributed by atoms with Gasteiger partial charge in [0.2, 0.25) is 10.0 Å². The van der Waals surface area contributed by atoms with Gasteiger partial charge < -0.3 is 9.84 Å². The Hall–Kier alpha value is -2.85. The van der Waals surface area contributed by atoms with Crippen LogP contribution in [0.3, 0.4) is 0 Å². The van der Waals surface area contributed by atoms with Crippen LogP contribution >= 0.6 is 0 Å². The highest BCUT2D eigenvalue weighted by atomic mass is 32.2. The number of hydrogen-bond acceptors (Lipinski definition) is 7. The van der Waals surface area contributed by atoms with Crippen LogP contribution in [-0.4, -0.2) is 71.6 Å². The maximum Gasteiger partial charge on any atom is 0.247 e. The minimum absolute atomic E-state index is 0.110. The number of sulfonamides is 1. The molecule has 0 aliphatic carbocycles. The molecule has 1 aliphatic rings. The van der Waals surface area contributed by atoms with Gasteiger partial charge in [-0.15, -0.1) is 0 Å². The fourth-order valence-electron chi connectivity index (χ4n) is 4.33. The molecule has 9 heteroatoms. The highest BCUT2D eigenvalue weighted by molar-refractivity contribution is 7.89. The van der Waals surface area contributed by atoms with Gasteiger partial charge in [-0.2, -0.15) is 4.31 Å². The van der Waals surface area contributed by atoms with E-state index in [4.69, 9.17) is 4.74 Å². The second-order valence-electron chi connectivity index (χ2n) is 9.20. The Labute approximate surface area is 207 Å². The highest BCUT2D eigenvalue weighted by Gasteiger charge is 2.38. The Morgan fingerprint density at radius 1 is 1.14 bits per heavy atom. The highest BCUT2D eigenvalue weighted by Crippen LogP contribution is 2.36. The van der Waals surface area contributed by atoms with E-state index in [0.717, 1.165) is 16.7 Å². The zero-order valence-electron chi connectivity index (χ0n) is 20.3. The molecule has 0 unspecified atom stereocenters. The van der Waals surface area contributed by atoms with Crippen LogP contribution in [0.25, 0.3) is 11.1 Å². The Morgan fingerprint density at radius 2 is 1.91 bits per heavy atom. The molecule has 0 saturated carbocycles. The summed E-state index contributed by atoms with van der Waals surface area (Å²) in [6, 6.07) is 12.3. The molecule has 3 aromatic rings. The van der Waals surface area contributed by atoms with Crippen molar-refractivity contribution in [3.63, 3.8) is 0 Å². The van der Waals surface area contributed by atoms with E-state index in [-0.39, 0.29) is 30.1 Å². The predicted octanol–water partition coefficient (Wildman–Crippen LogP) is 3.04. The van der Waals surface area contributed by atoms with Gasteiger partial charge in [0.25, 0.3) is 0 Å². The largest absolute Gasteiger partial charge is 0.487 e. The third-order valence-corrected chi connectivity index (χ3v) is 8.37. The molecule has 3 atom stereocenters. The molecule has 0 saturated heterocycles. The van der Waals surface area contributed by atoms with Crippen molar-refractivity contribution in [2.24, 2.45) is 5.92 Å². The van der Waals surface area contributed by atoms with Crippen LogP contribution in [0.2, 0.25) is 0 Å². The van der Waals surface area contributed by atoms with Gasteiger partial charge in [-0.3, -0.25) is 14.9 Å².